The topological polar surface area (TPSA) is 120 Å². The summed E-state index contributed by atoms with van der Waals surface area (Å²) in [6.45, 7) is 1.53. The van der Waals surface area contributed by atoms with E-state index in [1.165, 1.54) is 11.8 Å². The Morgan fingerprint density at radius 3 is 2.57 bits per heavy atom. The Balaban J connectivity index is 0.00000256. The maximum absolute atomic E-state index is 12.6. The number of amides is 2. The summed E-state index contributed by atoms with van der Waals surface area (Å²) in [6.07, 6.45) is 2.59. The van der Waals surface area contributed by atoms with Crippen LogP contribution in [0.15, 0.2) is 54.5 Å². The normalized spacial score (nSPS) is 20.7. The number of nitrogens with one attached hydrogen (secondary N) is 1. The summed E-state index contributed by atoms with van der Waals surface area (Å²) in [7, 11) is 0. The molecule has 2 amide bonds. The van der Waals surface area contributed by atoms with E-state index in [1.807, 2.05) is 0 Å². The van der Waals surface area contributed by atoms with Gasteiger partial charge in [0.1, 0.15) is 5.70 Å². The molecule has 0 unspecified atom stereocenters. The van der Waals surface area contributed by atoms with Crippen molar-refractivity contribution in [1.29, 1.82) is 0 Å². The Labute approximate surface area is 194 Å². The van der Waals surface area contributed by atoms with E-state index < -0.39 is 18.0 Å². The molecule has 0 aliphatic carbocycles. The number of carboxylic acids is 1. The van der Waals surface area contributed by atoms with Gasteiger partial charge in [0.2, 0.25) is 5.91 Å². The van der Waals surface area contributed by atoms with Crippen molar-refractivity contribution in [3.8, 4) is 0 Å². The predicted octanol–water partition coefficient (Wildman–Crippen LogP) is 1.09. The summed E-state index contributed by atoms with van der Waals surface area (Å²) in [5, 5.41) is 22.3. The summed E-state index contributed by atoms with van der Waals surface area (Å²) >= 11 is 0. The van der Waals surface area contributed by atoms with E-state index >= 15 is 0 Å². The van der Waals surface area contributed by atoms with Crippen LogP contribution in [0.1, 0.15) is 29.3 Å². The third kappa shape index (κ3) is 3.79. The number of pyridine rings is 1. The Hall–Kier alpha value is -2.52. The van der Waals surface area contributed by atoms with Crippen LogP contribution in [0.5, 0.6) is 0 Å². The number of hydrogen-bond acceptors (Lipinski definition) is 5. The Bertz CT molecular complexity index is 1040. The van der Waals surface area contributed by atoms with Crippen LogP contribution in [0, 0.1) is 5.92 Å². The van der Waals surface area contributed by atoms with Gasteiger partial charge in [-0.05, 0) is 48.7 Å². The molecule has 9 heteroatoms. The number of carbonyl (C=O) groups excluding carboxylic acids is 2. The number of carbonyl (C=O) groups is 3. The molecule has 1 aromatic heterocycles. The van der Waals surface area contributed by atoms with Crippen molar-refractivity contribution in [2.45, 2.75) is 25.5 Å². The second-order valence-corrected chi connectivity index (χ2v) is 7.15. The number of hydrogen-bond donors (Lipinski definition) is 3. The number of aliphatic hydroxyl groups excluding tert-OH is 1. The van der Waals surface area contributed by atoms with Gasteiger partial charge in [0.15, 0.2) is 0 Å². The fraction of sp³-hybridized carbons (Fsp3) is 0.238. The summed E-state index contributed by atoms with van der Waals surface area (Å²) in [5.74, 6) is -2.54. The molecular formula is C21H20N3NaO5. The van der Waals surface area contributed by atoms with Crippen molar-refractivity contribution >= 4 is 58.6 Å². The third-order valence-electron chi connectivity index (χ3n) is 5.34. The fourth-order valence-electron chi connectivity index (χ4n) is 4.01. The first-order valence-corrected chi connectivity index (χ1v) is 9.18. The predicted molar refractivity (Wildman–Crippen MR) is 111 cm³/mol. The SMILES string of the molecule is C[C@@H](O)[C@H]1C(=O)N2C(C(=O)O)=C(c3cccc(C(=O)Nc4ccncc4)c3)C[C@H]12.[NaH]. The second-order valence-electron chi connectivity index (χ2n) is 7.15. The van der Waals surface area contributed by atoms with Crippen LogP contribution in [-0.2, 0) is 9.59 Å². The van der Waals surface area contributed by atoms with Gasteiger partial charge in [-0.25, -0.2) is 4.79 Å². The first-order valence-electron chi connectivity index (χ1n) is 9.18. The van der Waals surface area contributed by atoms with E-state index in [0.29, 0.717) is 28.8 Å². The molecule has 2 aromatic rings. The summed E-state index contributed by atoms with van der Waals surface area (Å²) in [6, 6.07) is 9.59. The summed E-state index contributed by atoms with van der Waals surface area (Å²) in [5.41, 5.74) is 1.93. The number of carboxylic acid groups (broad SMARTS) is 1. The minimum atomic E-state index is -1.20. The van der Waals surface area contributed by atoms with Gasteiger partial charge in [0.05, 0.1) is 18.1 Å². The van der Waals surface area contributed by atoms with E-state index in [0.717, 1.165) is 0 Å². The molecule has 2 aliphatic heterocycles. The van der Waals surface area contributed by atoms with Crippen molar-refractivity contribution in [3.05, 3.63) is 65.6 Å². The van der Waals surface area contributed by atoms with Crippen LogP contribution in [0.2, 0.25) is 0 Å². The molecule has 3 heterocycles. The molecule has 4 rings (SSSR count). The molecule has 1 fully saturated rings. The first-order chi connectivity index (χ1) is 13.9. The Morgan fingerprint density at radius 2 is 1.93 bits per heavy atom. The van der Waals surface area contributed by atoms with Gasteiger partial charge in [-0.15, -0.1) is 0 Å². The van der Waals surface area contributed by atoms with Gasteiger partial charge in [-0.3, -0.25) is 14.6 Å². The number of nitrogens with zero attached hydrogens (tertiary/aromatic N) is 2. The number of fused-ring (bicyclic) bond motifs is 1. The number of β-lactam (4-membered cyclic amide) rings is 1. The van der Waals surface area contributed by atoms with Crippen LogP contribution in [0.3, 0.4) is 0 Å². The van der Waals surface area contributed by atoms with Crippen LogP contribution in [0.4, 0.5) is 5.69 Å². The average molecular weight is 417 g/mol. The molecule has 0 spiro atoms. The fourth-order valence-corrected chi connectivity index (χ4v) is 4.01. The third-order valence-corrected chi connectivity index (χ3v) is 5.34. The molecule has 8 nitrogen and oxygen atoms in total. The van der Waals surface area contributed by atoms with Gasteiger partial charge in [0, 0.05) is 23.6 Å². The molecule has 0 bridgehead atoms. The van der Waals surface area contributed by atoms with Crippen molar-refractivity contribution < 1.29 is 24.6 Å². The molecule has 3 N–H and O–H groups in total. The molecule has 2 aliphatic rings. The minimum absolute atomic E-state index is 0. The van der Waals surface area contributed by atoms with E-state index in [9.17, 15) is 24.6 Å². The zero-order valence-electron chi connectivity index (χ0n) is 15.6. The molecule has 150 valence electrons. The molecule has 1 aromatic carbocycles. The zero-order valence-corrected chi connectivity index (χ0v) is 15.6. The monoisotopic (exact) mass is 417 g/mol. The first kappa shape index (κ1) is 22.2. The van der Waals surface area contributed by atoms with Gasteiger partial charge in [0.25, 0.3) is 5.91 Å². The van der Waals surface area contributed by atoms with Crippen molar-refractivity contribution in [2.24, 2.45) is 5.92 Å². The quantitative estimate of drug-likeness (QED) is 0.495. The van der Waals surface area contributed by atoms with Crippen molar-refractivity contribution in [2.75, 3.05) is 5.32 Å². The number of rotatable bonds is 5. The molecule has 0 radical (unpaired) electrons. The van der Waals surface area contributed by atoms with Crippen LogP contribution >= 0.6 is 0 Å². The number of aliphatic carboxylic acids is 1. The molecule has 1 saturated heterocycles. The van der Waals surface area contributed by atoms with Crippen LogP contribution in [0.25, 0.3) is 5.57 Å². The van der Waals surface area contributed by atoms with Crippen molar-refractivity contribution in [1.82, 2.24) is 9.88 Å². The van der Waals surface area contributed by atoms with Crippen molar-refractivity contribution in [3.63, 3.8) is 0 Å². The van der Waals surface area contributed by atoms with Crippen LogP contribution < -0.4 is 5.32 Å². The molecule has 30 heavy (non-hydrogen) atoms. The summed E-state index contributed by atoms with van der Waals surface area (Å²) in [4.78, 5) is 41.9. The van der Waals surface area contributed by atoms with E-state index in [1.54, 1.807) is 48.8 Å². The number of aromatic nitrogens is 1. The standard InChI is InChI=1S/C21H19N3O5.Na.H/c1-11(25)17-16-10-15(18(21(28)29)24(16)20(17)27)12-3-2-4-13(9-12)19(26)23-14-5-7-22-8-6-14;;/h2-9,11,16-17,25H,10H2,1H3,(H,28,29)(H,22,23,26);;/t11-,16-,17-;;/m1../s1. The van der Waals surface area contributed by atoms with Gasteiger partial charge >= 0.3 is 35.5 Å². The van der Waals surface area contributed by atoms with E-state index in [2.05, 4.69) is 10.3 Å². The molecule has 0 saturated carbocycles. The Kier molecular flexibility index (Phi) is 6.42. The van der Waals surface area contributed by atoms with E-state index in [-0.39, 0.29) is 53.1 Å². The van der Waals surface area contributed by atoms with Gasteiger partial charge < -0.3 is 20.4 Å². The number of benzene rings is 1. The van der Waals surface area contributed by atoms with E-state index in [4.69, 9.17) is 0 Å². The zero-order chi connectivity index (χ0) is 20.7. The van der Waals surface area contributed by atoms with Gasteiger partial charge in [-0.1, -0.05) is 12.1 Å². The summed E-state index contributed by atoms with van der Waals surface area (Å²) < 4.78 is 0. The molecular weight excluding hydrogens is 397 g/mol. The van der Waals surface area contributed by atoms with Gasteiger partial charge in [-0.2, -0.15) is 0 Å². The maximum atomic E-state index is 12.6. The average Bonchev–Trinajstić information content (AvgIpc) is 3.04. The second kappa shape index (κ2) is 8.69. The molecule has 3 atom stereocenters. The number of aliphatic hydroxyl groups is 1. The van der Waals surface area contributed by atoms with Crippen LogP contribution in [-0.4, -0.2) is 79.6 Å². The Morgan fingerprint density at radius 1 is 1.23 bits per heavy atom. The number of anilines is 1.